The van der Waals surface area contributed by atoms with E-state index in [1.54, 1.807) is 0 Å². The maximum absolute atomic E-state index is 12.9. The van der Waals surface area contributed by atoms with E-state index in [9.17, 15) is 14.4 Å². The maximum Gasteiger partial charge on any atom is 0.306 e. The number of rotatable bonds is 61. The van der Waals surface area contributed by atoms with Crippen molar-refractivity contribution in [2.45, 2.75) is 335 Å². The Kier molecular flexibility index (Phi) is 63.7. The first-order chi connectivity index (χ1) is 39.0. The molecule has 0 aromatic carbocycles. The first-order valence-corrected chi connectivity index (χ1v) is 33.7. The highest BCUT2D eigenvalue weighted by Crippen LogP contribution is 2.17. The van der Waals surface area contributed by atoms with Crippen LogP contribution in [0.15, 0.2) is 97.2 Å². The van der Waals surface area contributed by atoms with Gasteiger partial charge in [-0.15, -0.1) is 0 Å². The molecular weight excluding hydrogens is 973 g/mol. The lowest BCUT2D eigenvalue weighted by Crippen LogP contribution is -2.30. The second kappa shape index (κ2) is 66.8. The monoisotopic (exact) mass is 1100 g/mol. The van der Waals surface area contributed by atoms with E-state index in [-0.39, 0.29) is 31.1 Å². The minimum Gasteiger partial charge on any atom is -0.462 e. The van der Waals surface area contributed by atoms with Gasteiger partial charge in [-0.2, -0.15) is 0 Å². The molecule has 79 heavy (non-hydrogen) atoms. The van der Waals surface area contributed by atoms with Gasteiger partial charge in [0.1, 0.15) is 13.2 Å². The third-order valence-corrected chi connectivity index (χ3v) is 14.6. The largest absolute Gasteiger partial charge is 0.462 e. The molecule has 0 amide bonds. The van der Waals surface area contributed by atoms with E-state index in [2.05, 4.69) is 118 Å². The average molecular weight is 1100 g/mol. The van der Waals surface area contributed by atoms with E-state index < -0.39 is 6.10 Å². The van der Waals surface area contributed by atoms with E-state index >= 15 is 0 Å². The Balaban J connectivity index is 4.04. The first kappa shape index (κ1) is 75.3. The molecule has 6 heteroatoms. The Bertz CT molecular complexity index is 1540. The van der Waals surface area contributed by atoms with Crippen molar-refractivity contribution in [3.63, 3.8) is 0 Å². The summed E-state index contributed by atoms with van der Waals surface area (Å²) in [6, 6.07) is 0. The number of carbonyl (C=O) groups is 3. The number of hydrogen-bond donors (Lipinski definition) is 0. The van der Waals surface area contributed by atoms with Gasteiger partial charge in [-0.05, 0) is 103 Å². The lowest BCUT2D eigenvalue weighted by Gasteiger charge is -2.18. The van der Waals surface area contributed by atoms with Gasteiger partial charge in [0.2, 0.25) is 0 Å². The van der Waals surface area contributed by atoms with Crippen LogP contribution in [0.25, 0.3) is 0 Å². The predicted octanol–water partition coefficient (Wildman–Crippen LogP) is 23.2. The van der Waals surface area contributed by atoms with Crippen molar-refractivity contribution >= 4 is 17.9 Å². The highest BCUT2D eigenvalue weighted by Gasteiger charge is 2.19. The molecule has 0 saturated carbocycles. The topological polar surface area (TPSA) is 78.9 Å². The molecule has 454 valence electrons. The summed E-state index contributed by atoms with van der Waals surface area (Å²) in [6.07, 6.45) is 90.5. The Morgan fingerprint density at radius 1 is 0.266 bits per heavy atom. The van der Waals surface area contributed by atoms with Crippen LogP contribution in [0.1, 0.15) is 329 Å². The fraction of sp³-hybridized carbons (Fsp3) is 0.740. The standard InChI is InChI=1S/C73H126O6/c1-4-7-10-13-15-17-19-21-23-25-27-29-31-33-35-36-38-39-41-43-45-47-49-51-53-55-57-60-63-66-72(75)78-69-70(68-77-71(74)65-62-59-12-9-6-3)79-73(76)67-64-61-58-56-54-52-50-48-46-44-42-40-37-34-32-30-28-26-24-22-20-18-16-14-11-8-5-2/h7,10,15,17,21,23,26-29,33,35,38-39,43,45,70H,4-6,8-9,11-14,16,18-20,22,24-25,30-32,34,36-37,40-42,44,46-69H2,1-3H3/b10-7-,17-15-,23-21-,28-26-,29-27-,35-33-,39-38-,45-43-. The summed E-state index contributed by atoms with van der Waals surface area (Å²) in [5.41, 5.74) is 0. The zero-order valence-corrected chi connectivity index (χ0v) is 52.1. The van der Waals surface area contributed by atoms with Gasteiger partial charge in [0.25, 0.3) is 0 Å². The Hall–Kier alpha value is -3.67. The van der Waals surface area contributed by atoms with Crippen LogP contribution in [-0.2, 0) is 28.6 Å². The van der Waals surface area contributed by atoms with Gasteiger partial charge in [0.15, 0.2) is 6.10 Å². The summed E-state index contributed by atoms with van der Waals surface area (Å²) in [5, 5.41) is 0. The quantitative estimate of drug-likeness (QED) is 0.0261. The second-order valence-corrected chi connectivity index (χ2v) is 22.4. The van der Waals surface area contributed by atoms with Crippen LogP contribution in [-0.4, -0.2) is 37.2 Å². The molecule has 0 rings (SSSR count). The molecule has 0 aliphatic carbocycles. The fourth-order valence-corrected chi connectivity index (χ4v) is 9.54. The van der Waals surface area contributed by atoms with E-state index in [1.165, 1.54) is 173 Å². The van der Waals surface area contributed by atoms with E-state index in [0.717, 1.165) is 116 Å². The molecule has 0 saturated heterocycles. The van der Waals surface area contributed by atoms with Gasteiger partial charge in [0.05, 0.1) is 0 Å². The normalized spacial score (nSPS) is 12.7. The minimum atomic E-state index is -0.779. The van der Waals surface area contributed by atoms with Crippen molar-refractivity contribution in [3.05, 3.63) is 97.2 Å². The number of ether oxygens (including phenoxy) is 3. The van der Waals surface area contributed by atoms with Gasteiger partial charge in [-0.1, -0.05) is 304 Å². The average Bonchev–Trinajstić information content (AvgIpc) is 3.45. The molecule has 0 bridgehead atoms. The van der Waals surface area contributed by atoms with E-state index in [1.807, 2.05) is 0 Å². The minimum absolute atomic E-state index is 0.0797. The van der Waals surface area contributed by atoms with Crippen LogP contribution in [0.5, 0.6) is 0 Å². The molecule has 0 fully saturated rings. The highest BCUT2D eigenvalue weighted by atomic mass is 16.6. The molecule has 0 spiro atoms. The first-order valence-electron chi connectivity index (χ1n) is 33.7. The number of allylic oxidation sites excluding steroid dienone is 16. The van der Waals surface area contributed by atoms with Crippen molar-refractivity contribution in [1.29, 1.82) is 0 Å². The lowest BCUT2D eigenvalue weighted by atomic mass is 10.0. The van der Waals surface area contributed by atoms with Crippen molar-refractivity contribution in [3.8, 4) is 0 Å². The summed E-state index contributed by atoms with van der Waals surface area (Å²) in [7, 11) is 0. The summed E-state index contributed by atoms with van der Waals surface area (Å²) in [5.74, 6) is -0.894. The van der Waals surface area contributed by atoms with E-state index in [0.29, 0.717) is 19.3 Å². The number of carbonyl (C=O) groups excluding carboxylic acids is 3. The van der Waals surface area contributed by atoms with Gasteiger partial charge in [0, 0.05) is 19.3 Å². The summed E-state index contributed by atoms with van der Waals surface area (Å²) in [6.45, 7) is 6.46. The van der Waals surface area contributed by atoms with E-state index in [4.69, 9.17) is 14.2 Å². The van der Waals surface area contributed by atoms with Crippen LogP contribution in [0.4, 0.5) is 0 Å². The predicted molar refractivity (Wildman–Crippen MR) is 344 cm³/mol. The number of unbranched alkanes of at least 4 members (excludes halogenated alkanes) is 34. The molecule has 6 nitrogen and oxygen atoms in total. The molecule has 0 aliphatic heterocycles. The SMILES string of the molecule is CC/C=C\C/C=C\C/C=C\C/C=C\C/C=C\C/C=C\C/C=C\CCCCCCCCCC(=O)OCC(COC(=O)CCCCCCC)OC(=O)CCCCCCCCCCCCCCCCC/C=C\CCCCCCCCCC. The van der Waals surface area contributed by atoms with Crippen molar-refractivity contribution in [1.82, 2.24) is 0 Å². The van der Waals surface area contributed by atoms with Crippen LogP contribution >= 0.6 is 0 Å². The number of esters is 3. The van der Waals surface area contributed by atoms with Crippen molar-refractivity contribution < 1.29 is 28.6 Å². The zero-order valence-electron chi connectivity index (χ0n) is 52.1. The van der Waals surface area contributed by atoms with Crippen LogP contribution in [0.3, 0.4) is 0 Å². The van der Waals surface area contributed by atoms with Gasteiger partial charge < -0.3 is 14.2 Å². The smallest absolute Gasteiger partial charge is 0.306 e. The summed E-state index contributed by atoms with van der Waals surface area (Å²) < 4.78 is 16.8. The third kappa shape index (κ3) is 65.0. The Labute approximate surface area is 489 Å². The molecular formula is C73H126O6. The van der Waals surface area contributed by atoms with Crippen molar-refractivity contribution in [2.24, 2.45) is 0 Å². The number of hydrogen-bond acceptors (Lipinski definition) is 6. The summed E-state index contributed by atoms with van der Waals surface area (Å²) >= 11 is 0. The van der Waals surface area contributed by atoms with Gasteiger partial charge in [-0.25, -0.2) is 0 Å². The second-order valence-electron chi connectivity index (χ2n) is 22.4. The molecule has 0 heterocycles. The van der Waals surface area contributed by atoms with Crippen molar-refractivity contribution in [2.75, 3.05) is 13.2 Å². The molecule has 0 aromatic heterocycles. The molecule has 0 aliphatic rings. The van der Waals surface area contributed by atoms with Gasteiger partial charge >= 0.3 is 17.9 Å². The maximum atomic E-state index is 12.9. The van der Waals surface area contributed by atoms with Crippen LogP contribution < -0.4 is 0 Å². The zero-order chi connectivity index (χ0) is 57.1. The molecule has 0 radical (unpaired) electrons. The lowest BCUT2D eigenvalue weighted by molar-refractivity contribution is -0.167. The van der Waals surface area contributed by atoms with Crippen LogP contribution in [0, 0.1) is 0 Å². The van der Waals surface area contributed by atoms with Crippen LogP contribution in [0.2, 0.25) is 0 Å². The third-order valence-electron chi connectivity index (χ3n) is 14.6. The highest BCUT2D eigenvalue weighted by molar-refractivity contribution is 5.71. The van der Waals surface area contributed by atoms with Gasteiger partial charge in [-0.3, -0.25) is 14.4 Å². The Morgan fingerprint density at radius 2 is 0.494 bits per heavy atom. The molecule has 0 N–H and O–H groups in total. The Morgan fingerprint density at radius 3 is 0.785 bits per heavy atom. The fourth-order valence-electron chi connectivity index (χ4n) is 9.54. The molecule has 0 aromatic rings. The summed E-state index contributed by atoms with van der Waals surface area (Å²) in [4.78, 5) is 38.0. The molecule has 1 atom stereocenters. The molecule has 1 unspecified atom stereocenters.